The van der Waals surface area contributed by atoms with Crippen LogP contribution in [0.4, 0.5) is 0 Å². The number of likely N-dealkylation sites (tertiary alicyclic amines) is 1. The molecule has 2 fully saturated rings. The summed E-state index contributed by atoms with van der Waals surface area (Å²) >= 11 is 0. The van der Waals surface area contributed by atoms with E-state index in [1.807, 2.05) is 4.90 Å². The van der Waals surface area contributed by atoms with Gasteiger partial charge in [-0.15, -0.1) is 0 Å². The van der Waals surface area contributed by atoms with Gasteiger partial charge in [-0.3, -0.25) is 19.8 Å². The molecule has 0 aromatic heterocycles. The molecule has 1 atom stereocenters. The van der Waals surface area contributed by atoms with Crippen molar-refractivity contribution in [1.29, 1.82) is 0 Å². The van der Waals surface area contributed by atoms with Crippen LogP contribution in [0.3, 0.4) is 0 Å². The van der Waals surface area contributed by atoms with E-state index in [2.05, 4.69) is 5.32 Å². The number of hydrogen-bond acceptors (Lipinski definition) is 4. The van der Waals surface area contributed by atoms with Crippen molar-refractivity contribution >= 4 is 11.8 Å². The van der Waals surface area contributed by atoms with E-state index in [9.17, 15) is 9.59 Å². The molecule has 0 radical (unpaired) electrons. The van der Waals surface area contributed by atoms with Gasteiger partial charge in [0.05, 0.1) is 12.5 Å². The van der Waals surface area contributed by atoms with Gasteiger partial charge in [0, 0.05) is 19.1 Å². The van der Waals surface area contributed by atoms with Gasteiger partial charge in [0.2, 0.25) is 11.8 Å². The fourth-order valence-corrected chi connectivity index (χ4v) is 1.64. The molecule has 0 bridgehead atoms. The van der Waals surface area contributed by atoms with Crippen molar-refractivity contribution in [2.45, 2.75) is 18.5 Å². The third kappa shape index (κ3) is 1.11. The monoisotopic (exact) mass is 169 g/mol. The van der Waals surface area contributed by atoms with Gasteiger partial charge in [0.1, 0.15) is 0 Å². The van der Waals surface area contributed by atoms with E-state index < -0.39 is 0 Å². The molecule has 2 aliphatic rings. The molecular formula is C7H11N3O2. The Morgan fingerprint density at radius 1 is 1.42 bits per heavy atom. The quantitative estimate of drug-likeness (QED) is 0.447. The number of imide groups is 1. The van der Waals surface area contributed by atoms with Gasteiger partial charge in [0.25, 0.3) is 0 Å². The highest BCUT2D eigenvalue weighted by Crippen LogP contribution is 2.16. The lowest BCUT2D eigenvalue weighted by Crippen LogP contribution is -2.60. The summed E-state index contributed by atoms with van der Waals surface area (Å²) in [5, 5.41) is 2.27. The van der Waals surface area contributed by atoms with E-state index in [4.69, 9.17) is 5.73 Å². The maximum Gasteiger partial charge on any atom is 0.244 e. The molecule has 0 aromatic carbocycles. The Hall–Kier alpha value is -0.940. The van der Waals surface area contributed by atoms with Gasteiger partial charge in [-0.2, -0.15) is 0 Å². The molecule has 0 aliphatic carbocycles. The van der Waals surface area contributed by atoms with Crippen LogP contribution in [0.1, 0.15) is 6.42 Å². The molecule has 0 spiro atoms. The summed E-state index contributed by atoms with van der Waals surface area (Å²) in [5.41, 5.74) is 5.56. The molecule has 12 heavy (non-hydrogen) atoms. The maximum absolute atomic E-state index is 11.1. The van der Waals surface area contributed by atoms with E-state index in [0.717, 1.165) is 13.1 Å². The zero-order valence-corrected chi connectivity index (χ0v) is 6.62. The standard InChI is InChI=1S/C7H11N3O2/c8-4-2-10(3-4)5-1-6(11)9-7(5)12/h4-5H,1-3,8H2,(H,9,11,12). The second-order valence-corrected chi connectivity index (χ2v) is 3.35. The minimum atomic E-state index is -0.253. The minimum Gasteiger partial charge on any atom is -0.325 e. The van der Waals surface area contributed by atoms with Crippen molar-refractivity contribution in [3.05, 3.63) is 0 Å². The number of nitrogens with one attached hydrogen (secondary N) is 1. The number of carbonyl (C=O) groups excluding carboxylic acids is 2. The molecule has 2 amide bonds. The number of nitrogens with zero attached hydrogens (tertiary/aromatic N) is 1. The highest BCUT2D eigenvalue weighted by Gasteiger charge is 2.39. The number of hydrogen-bond donors (Lipinski definition) is 2. The van der Waals surface area contributed by atoms with Crippen LogP contribution in [0.5, 0.6) is 0 Å². The number of rotatable bonds is 1. The number of carbonyl (C=O) groups is 2. The lowest BCUT2D eigenvalue weighted by atomic mass is 10.1. The Morgan fingerprint density at radius 3 is 2.50 bits per heavy atom. The SMILES string of the molecule is NC1CN(C2CC(=O)NC2=O)C1. The van der Waals surface area contributed by atoms with Gasteiger partial charge < -0.3 is 5.73 Å². The zero-order chi connectivity index (χ0) is 8.72. The summed E-state index contributed by atoms with van der Waals surface area (Å²) in [6, 6.07) is -0.0780. The van der Waals surface area contributed by atoms with Crippen molar-refractivity contribution in [1.82, 2.24) is 10.2 Å². The molecule has 5 heteroatoms. The van der Waals surface area contributed by atoms with E-state index in [-0.39, 0.29) is 23.9 Å². The normalized spacial score (nSPS) is 31.9. The van der Waals surface area contributed by atoms with Gasteiger partial charge in [-0.05, 0) is 0 Å². The van der Waals surface area contributed by atoms with Crippen LogP contribution < -0.4 is 11.1 Å². The molecule has 2 rings (SSSR count). The molecule has 1 unspecified atom stereocenters. The molecular weight excluding hydrogens is 158 g/mol. The largest absolute Gasteiger partial charge is 0.325 e. The molecule has 5 nitrogen and oxygen atoms in total. The average molecular weight is 169 g/mol. The fraction of sp³-hybridized carbons (Fsp3) is 0.714. The Bertz CT molecular complexity index is 235. The Balaban J connectivity index is 1.97. The van der Waals surface area contributed by atoms with Crippen LogP contribution in [0.25, 0.3) is 0 Å². The third-order valence-electron chi connectivity index (χ3n) is 2.32. The van der Waals surface area contributed by atoms with E-state index in [1.165, 1.54) is 0 Å². The maximum atomic E-state index is 11.1. The molecule has 0 saturated carbocycles. The number of nitrogens with two attached hydrogens (primary N) is 1. The van der Waals surface area contributed by atoms with Crippen molar-refractivity contribution in [3.63, 3.8) is 0 Å². The summed E-state index contributed by atoms with van der Waals surface area (Å²) in [6.45, 7) is 1.46. The second kappa shape index (κ2) is 2.53. The first kappa shape index (κ1) is 7.70. The highest BCUT2D eigenvalue weighted by molar-refractivity contribution is 6.05. The van der Waals surface area contributed by atoms with Gasteiger partial charge in [-0.25, -0.2) is 0 Å². The number of amides is 2. The van der Waals surface area contributed by atoms with Crippen LogP contribution >= 0.6 is 0 Å². The average Bonchev–Trinajstić information content (AvgIpc) is 2.23. The smallest absolute Gasteiger partial charge is 0.244 e. The van der Waals surface area contributed by atoms with E-state index >= 15 is 0 Å². The van der Waals surface area contributed by atoms with Crippen LogP contribution in [-0.4, -0.2) is 41.9 Å². The fourth-order valence-electron chi connectivity index (χ4n) is 1.64. The first-order valence-electron chi connectivity index (χ1n) is 4.00. The van der Waals surface area contributed by atoms with Gasteiger partial charge in [0.15, 0.2) is 0 Å². The van der Waals surface area contributed by atoms with E-state index in [0.29, 0.717) is 6.42 Å². The summed E-state index contributed by atoms with van der Waals surface area (Å²) in [5.74, 6) is -0.350. The van der Waals surface area contributed by atoms with Gasteiger partial charge in [-0.1, -0.05) is 0 Å². The molecule has 2 saturated heterocycles. The van der Waals surface area contributed by atoms with Crippen LogP contribution in [0, 0.1) is 0 Å². The van der Waals surface area contributed by atoms with Crippen LogP contribution in [0.15, 0.2) is 0 Å². The summed E-state index contributed by atoms with van der Waals surface area (Å²) in [7, 11) is 0. The molecule has 2 heterocycles. The van der Waals surface area contributed by atoms with Crippen molar-refractivity contribution < 1.29 is 9.59 Å². The minimum absolute atomic E-state index is 0.174. The summed E-state index contributed by atoms with van der Waals surface area (Å²) < 4.78 is 0. The Labute approximate surface area is 69.9 Å². The van der Waals surface area contributed by atoms with Crippen LogP contribution in [-0.2, 0) is 9.59 Å². The van der Waals surface area contributed by atoms with Crippen molar-refractivity contribution in [3.8, 4) is 0 Å². The molecule has 3 N–H and O–H groups in total. The highest BCUT2D eigenvalue weighted by atomic mass is 16.2. The summed E-state index contributed by atoms with van der Waals surface area (Å²) in [6.07, 6.45) is 0.297. The predicted molar refractivity (Wildman–Crippen MR) is 41.1 cm³/mol. The first-order chi connectivity index (χ1) is 5.66. The summed E-state index contributed by atoms with van der Waals surface area (Å²) in [4.78, 5) is 23.8. The van der Waals surface area contributed by atoms with Crippen LogP contribution in [0.2, 0.25) is 0 Å². The van der Waals surface area contributed by atoms with Crippen molar-refractivity contribution in [2.75, 3.05) is 13.1 Å². The second-order valence-electron chi connectivity index (χ2n) is 3.35. The molecule has 2 aliphatic heterocycles. The predicted octanol–water partition coefficient (Wildman–Crippen LogP) is -1.96. The molecule has 66 valence electrons. The third-order valence-corrected chi connectivity index (χ3v) is 2.32. The first-order valence-corrected chi connectivity index (χ1v) is 4.00. The topological polar surface area (TPSA) is 75.4 Å². The Morgan fingerprint density at radius 2 is 2.08 bits per heavy atom. The van der Waals surface area contributed by atoms with Crippen molar-refractivity contribution in [2.24, 2.45) is 5.73 Å². The Kier molecular flexibility index (Phi) is 1.62. The lowest BCUT2D eigenvalue weighted by Gasteiger charge is -2.39. The van der Waals surface area contributed by atoms with Gasteiger partial charge >= 0.3 is 0 Å². The van der Waals surface area contributed by atoms with E-state index in [1.54, 1.807) is 0 Å². The molecule has 0 aromatic rings. The zero-order valence-electron chi connectivity index (χ0n) is 6.62. The lowest BCUT2D eigenvalue weighted by molar-refractivity contribution is -0.127.